The molecule has 4 heterocycles. The molecule has 0 saturated carbocycles. The van der Waals surface area contributed by atoms with E-state index in [0.29, 0.717) is 0 Å². The van der Waals surface area contributed by atoms with E-state index in [4.69, 9.17) is 0 Å². The van der Waals surface area contributed by atoms with Gasteiger partial charge in [0.1, 0.15) is 0 Å². The molecule has 0 aromatic carbocycles. The third kappa shape index (κ3) is 3.12. The third-order valence-corrected chi connectivity index (χ3v) is 6.13. The SMILES string of the molecule is Cc1nn(C)c(S(=O)(=O)NCC2CN3CCN2CC3)c1C(F)F. The van der Waals surface area contributed by atoms with Crippen LogP contribution in [0.1, 0.15) is 17.7 Å². The minimum Gasteiger partial charge on any atom is -0.299 e. The van der Waals surface area contributed by atoms with Gasteiger partial charge in [0, 0.05) is 52.4 Å². The number of aryl methyl sites for hydroxylation is 2. The van der Waals surface area contributed by atoms with Crippen molar-refractivity contribution in [3.63, 3.8) is 0 Å². The maximum absolute atomic E-state index is 13.2. The predicted molar refractivity (Wildman–Crippen MR) is 79.9 cm³/mol. The highest BCUT2D eigenvalue weighted by Crippen LogP contribution is 2.29. The topological polar surface area (TPSA) is 70.5 Å². The molecule has 1 N–H and O–H groups in total. The first kappa shape index (κ1) is 16.7. The molecule has 10 heteroatoms. The Labute approximate surface area is 134 Å². The maximum atomic E-state index is 13.2. The summed E-state index contributed by atoms with van der Waals surface area (Å²) in [5.74, 6) is 0. The minimum absolute atomic E-state index is 0.0365. The van der Waals surface area contributed by atoms with Gasteiger partial charge in [0.25, 0.3) is 16.4 Å². The van der Waals surface area contributed by atoms with E-state index in [1.807, 2.05) is 0 Å². The number of rotatable bonds is 5. The fourth-order valence-electron chi connectivity index (χ4n) is 3.42. The van der Waals surface area contributed by atoms with Crippen molar-refractivity contribution in [1.82, 2.24) is 24.3 Å². The van der Waals surface area contributed by atoms with Crippen LogP contribution in [0.2, 0.25) is 0 Å². The number of nitrogens with one attached hydrogen (secondary N) is 1. The first-order valence-corrected chi connectivity index (χ1v) is 9.05. The van der Waals surface area contributed by atoms with E-state index in [2.05, 4.69) is 19.6 Å². The summed E-state index contributed by atoms with van der Waals surface area (Å²) in [7, 11) is -2.67. The van der Waals surface area contributed by atoms with E-state index >= 15 is 0 Å². The van der Waals surface area contributed by atoms with E-state index in [-0.39, 0.29) is 18.3 Å². The second-order valence-corrected chi connectivity index (χ2v) is 7.75. The van der Waals surface area contributed by atoms with Gasteiger partial charge in [-0.2, -0.15) is 5.10 Å². The molecule has 0 aliphatic carbocycles. The third-order valence-electron chi connectivity index (χ3n) is 4.59. The Morgan fingerprint density at radius 3 is 2.48 bits per heavy atom. The Hall–Kier alpha value is -1.10. The number of sulfonamides is 1. The normalized spacial score (nSPS) is 27.8. The molecule has 1 aromatic rings. The van der Waals surface area contributed by atoms with Gasteiger partial charge in [0.15, 0.2) is 5.03 Å². The van der Waals surface area contributed by atoms with Crippen molar-refractivity contribution < 1.29 is 17.2 Å². The van der Waals surface area contributed by atoms with Gasteiger partial charge in [-0.15, -0.1) is 0 Å². The molecule has 1 aromatic heterocycles. The van der Waals surface area contributed by atoms with Gasteiger partial charge >= 0.3 is 0 Å². The van der Waals surface area contributed by atoms with Crippen LogP contribution in [0.15, 0.2) is 5.03 Å². The molecular formula is C13H21F2N5O2S. The van der Waals surface area contributed by atoms with Gasteiger partial charge in [-0.25, -0.2) is 21.9 Å². The van der Waals surface area contributed by atoms with Crippen LogP contribution in [-0.2, 0) is 17.1 Å². The zero-order valence-corrected chi connectivity index (χ0v) is 14.0. The van der Waals surface area contributed by atoms with Crippen molar-refractivity contribution in [2.45, 2.75) is 24.4 Å². The van der Waals surface area contributed by atoms with Crippen molar-refractivity contribution in [1.29, 1.82) is 0 Å². The molecule has 23 heavy (non-hydrogen) atoms. The van der Waals surface area contributed by atoms with Crippen LogP contribution < -0.4 is 4.72 Å². The maximum Gasteiger partial charge on any atom is 0.268 e. The number of aromatic nitrogens is 2. The van der Waals surface area contributed by atoms with Gasteiger partial charge in [0.2, 0.25) is 0 Å². The molecule has 1 unspecified atom stereocenters. The number of alkyl halides is 2. The van der Waals surface area contributed by atoms with E-state index in [9.17, 15) is 17.2 Å². The summed E-state index contributed by atoms with van der Waals surface area (Å²) in [5.41, 5.74) is -0.483. The van der Waals surface area contributed by atoms with Gasteiger partial charge in [-0.05, 0) is 6.92 Å². The summed E-state index contributed by atoms with van der Waals surface area (Å²) < 4.78 is 54.9. The quantitative estimate of drug-likeness (QED) is 0.807. The molecule has 2 bridgehead atoms. The molecule has 3 aliphatic rings. The zero-order valence-electron chi connectivity index (χ0n) is 13.2. The number of hydrogen-bond donors (Lipinski definition) is 1. The van der Waals surface area contributed by atoms with Crippen molar-refractivity contribution in [2.24, 2.45) is 7.05 Å². The second-order valence-electron chi connectivity index (χ2n) is 6.07. The molecule has 3 aliphatic heterocycles. The lowest BCUT2D eigenvalue weighted by Crippen LogP contribution is -2.63. The van der Waals surface area contributed by atoms with Crippen LogP contribution in [0, 0.1) is 6.92 Å². The Kier molecular flexibility index (Phi) is 4.43. The summed E-state index contributed by atoms with van der Waals surface area (Å²) >= 11 is 0. The highest BCUT2D eigenvalue weighted by Gasteiger charge is 2.35. The number of piperazine rings is 3. The van der Waals surface area contributed by atoms with Crippen LogP contribution in [-0.4, -0.2) is 73.3 Å². The highest BCUT2D eigenvalue weighted by molar-refractivity contribution is 7.89. The van der Waals surface area contributed by atoms with Crippen molar-refractivity contribution in [2.75, 3.05) is 39.3 Å². The number of nitrogens with zero attached hydrogens (tertiary/aromatic N) is 4. The lowest BCUT2D eigenvalue weighted by molar-refractivity contribution is 0.0158. The Bertz CT molecular complexity index is 683. The van der Waals surface area contributed by atoms with Crippen molar-refractivity contribution in [3.8, 4) is 0 Å². The fourth-order valence-corrected chi connectivity index (χ4v) is 4.88. The van der Waals surface area contributed by atoms with Gasteiger partial charge in [0.05, 0.1) is 11.3 Å². The minimum atomic E-state index is -4.04. The van der Waals surface area contributed by atoms with E-state index < -0.39 is 27.0 Å². The average Bonchev–Trinajstić information content (AvgIpc) is 2.82. The Morgan fingerprint density at radius 2 is 1.96 bits per heavy atom. The lowest BCUT2D eigenvalue weighted by Gasteiger charge is -2.47. The summed E-state index contributed by atoms with van der Waals surface area (Å²) in [6.45, 7) is 6.23. The van der Waals surface area contributed by atoms with Crippen LogP contribution in [0.25, 0.3) is 0 Å². The molecule has 0 spiro atoms. The van der Waals surface area contributed by atoms with Crippen LogP contribution in [0.5, 0.6) is 0 Å². The van der Waals surface area contributed by atoms with E-state index in [0.717, 1.165) is 37.4 Å². The first-order chi connectivity index (χ1) is 10.8. The molecule has 130 valence electrons. The smallest absolute Gasteiger partial charge is 0.268 e. The van der Waals surface area contributed by atoms with Gasteiger partial charge in [-0.3, -0.25) is 14.5 Å². The predicted octanol–water partition coefficient (Wildman–Crippen LogP) is -0.0558. The molecule has 3 fully saturated rings. The van der Waals surface area contributed by atoms with Crippen molar-refractivity contribution >= 4 is 10.0 Å². The molecular weight excluding hydrogens is 328 g/mol. The first-order valence-electron chi connectivity index (χ1n) is 7.57. The highest BCUT2D eigenvalue weighted by atomic mass is 32.2. The van der Waals surface area contributed by atoms with Gasteiger partial charge in [-0.1, -0.05) is 0 Å². The number of fused-ring (bicyclic) bond motifs is 3. The van der Waals surface area contributed by atoms with Crippen LogP contribution >= 0.6 is 0 Å². The van der Waals surface area contributed by atoms with Crippen LogP contribution in [0.4, 0.5) is 8.78 Å². The van der Waals surface area contributed by atoms with E-state index in [1.165, 1.54) is 14.0 Å². The lowest BCUT2D eigenvalue weighted by atomic mass is 10.1. The summed E-state index contributed by atoms with van der Waals surface area (Å²) in [6.07, 6.45) is -2.88. The summed E-state index contributed by atoms with van der Waals surface area (Å²) in [4.78, 5) is 4.53. The molecule has 0 radical (unpaired) electrons. The van der Waals surface area contributed by atoms with Gasteiger partial charge < -0.3 is 0 Å². The van der Waals surface area contributed by atoms with Crippen molar-refractivity contribution in [3.05, 3.63) is 11.3 Å². The molecule has 7 nitrogen and oxygen atoms in total. The van der Waals surface area contributed by atoms with Crippen LogP contribution in [0.3, 0.4) is 0 Å². The second kappa shape index (κ2) is 6.08. The standard InChI is InChI=1S/C13H21F2N5O2S/c1-9-11(12(14)15)13(18(2)17-9)23(21,22)16-7-10-8-19-3-5-20(10)6-4-19/h10,12,16H,3-8H2,1-2H3. The zero-order chi connectivity index (χ0) is 16.8. The number of halogens is 2. The van der Waals surface area contributed by atoms with E-state index in [1.54, 1.807) is 0 Å². The summed E-state index contributed by atoms with van der Waals surface area (Å²) in [5, 5.41) is 3.39. The largest absolute Gasteiger partial charge is 0.299 e. The molecule has 4 rings (SSSR count). The number of hydrogen-bond acceptors (Lipinski definition) is 5. The average molecular weight is 349 g/mol. The molecule has 3 saturated heterocycles. The fraction of sp³-hybridized carbons (Fsp3) is 0.769. The Morgan fingerprint density at radius 1 is 1.30 bits per heavy atom. The Balaban J connectivity index is 1.77. The summed E-state index contributed by atoms with van der Waals surface area (Å²) in [6, 6.07) is 0.0802. The molecule has 0 amide bonds. The molecule has 1 atom stereocenters. The monoisotopic (exact) mass is 349 g/mol.